The van der Waals surface area contributed by atoms with Gasteiger partial charge >= 0.3 is 12.2 Å². The van der Waals surface area contributed by atoms with Gasteiger partial charge in [-0.25, -0.2) is 9.59 Å². The number of carbonyl (C=O) groups is 4. The number of benzene rings is 2. The van der Waals surface area contributed by atoms with Crippen molar-refractivity contribution in [2.45, 2.75) is 163 Å². The lowest BCUT2D eigenvalue weighted by Crippen LogP contribution is -2.54. The predicted octanol–water partition coefficient (Wildman–Crippen LogP) is 9.20. The second kappa shape index (κ2) is 26.5. The molecule has 2 aliphatic rings. The first kappa shape index (κ1) is 56.4. The van der Waals surface area contributed by atoms with Gasteiger partial charge in [0.2, 0.25) is 0 Å². The Morgan fingerprint density at radius 3 is 1.40 bits per heavy atom. The maximum Gasteiger partial charge on any atom is 0.410 e. The van der Waals surface area contributed by atoms with E-state index in [-0.39, 0.29) is 60.0 Å². The highest BCUT2D eigenvalue weighted by atomic mass is 16.6. The number of methoxy groups -OCH3 is 2. The van der Waals surface area contributed by atoms with E-state index in [0.29, 0.717) is 87.4 Å². The maximum absolute atomic E-state index is 13.8. The summed E-state index contributed by atoms with van der Waals surface area (Å²) in [5.74, 6) is 1.29. The second-order valence-electron chi connectivity index (χ2n) is 20.0. The molecule has 2 aromatic carbocycles. The van der Waals surface area contributed by atoms with E-state index < -0.39 is 11.2 Å². The van der Waals surface area contributed by atoms with Crippen LogP contribution in [0.25, 0.3) is 0 Å². The molecule has 2 saturated heterocycles. The van der Waals surface area contributed by atoms with Crippen LogP contribution < -0.4 is 14.2 Å². The van der Waals surface area contributed by atoms with Gasteiger partial charge in [-0.2, -0.15) is 0 Å². The molecule has 0 bridgehead atoms. The third-order valence-electron chi connectivity index (χ3n) is 10.6. The minimum atomic E-state index is -0.571. The number of ether oxygens (including phenoxy) is 7. The molecule has 378 valence electrons. The average Bonchev–Trinajstić information content (AvgIpc) is 3.22. The van der Waals surface area contributed by atoms with Gasteiger partial charge in [0.05, 0.1) is 31.4 Å². The molecule has 2 heterocycles. The first-order valence-electron chi connectivity index (χ1n) is 23.9. The lowest BCUT2D eigenvalue weighted by Gasteiger charge is -2.41. The van der Waals surface area contributed by atoms with Crippen LogP contribution in [0.15, 0.2) is 36.4 Å². The Kier molecular flexibility index (Phi) is 22.3. The van der Waals surface area contributed by atoms with Crippen LogP contribution in [0.1, 0.15) is 142 Å². The fraction of sp³-hybridized carbons (Fsp3) is 0.686. The summed E-state index contributed by atoms with van der Waals surface area (Å²) in [4.78, 5) is 59.6. The van der Waals surface area contributed by atoms with Crippen molar-refractivity contribution < 1.29 is 57.4 Å². The number of amides is 4. The molecule has 4 rings (SSSR count). The Morgan fingerprint density at radius 1 is 0.612 bits per heavy atom. The van der Waals surface area contributed by atoms with E-state index in [1.54, 1.807) is 47.1 Å². The quantitative estimate of drug-likeness (QED) is 0.141. The van der Waals surface area contributed by atoms with E-state index >= 15 is 0 Å². The number of carbonyl (C=O) groups excluding carboxylic acids is 4. The van der Waals surface area contributed by atoms with Crippen LogP contribution in [0.5, 0.6) is 23.0 Å². The number of rotatable bonds is 18. The van der Waals surface area contributed by atoms with Gasteiger partial charge in [0.1, 0.15) is 34.2 Å². The molecule has 0 spiro atoms. The predicted molar refractivity (Wildman–Crippen MR) is 259 cm³/mol. The summed E-state index contributed by atoms with van der Waals surface area (Å²) in [6, 6.07) is 9.57. The minimum absolute atomic E-state index is 0.0275. The van der Waals surface area contributed by atoms with Gasteiger partial charge in [0.15, 0.2) is 0 Å². The summed E-state index contributed by atoms with van der Waals surface area (Å²) in [5.41, 5.74) is -0.268. The second-order valence-corrected chi connectivity index (χ2v) is 20.0. The van der Waals surface area contributed by atoms with Crippen LogP contribution in [-0.2, 0) is 18.9 Å². The van der Waals surface area contributed by atoms with Crippen LogP contribution in [0.3, 0.4) is 0 Å². The lowest BCUT2D eigenvalue weighted by atomic mass is 10.0. The molecular formula is C51H82N4O12. The zero-order valence-corrected chi connectivity index (χ0v) is 43.0. The molecule has 0 unspecified atom stereocenters. The van der Waals surface area contributed by atoms with Crippen molar-refractivity contribution in [2.24, 2.45) is 0 Å². The Balaban J connectivity index is 0.000000357. The van der Waals surface area contributed by atoms with Crippen molar-refractivity contribution in [3.63, 3.8) is 0 Å². The molecule has 0 aromatic heterocycles. The van der Waals surface area contributed by atoms with Crippen molar-refractivity contribution in [2.75, 3.05) is 66.8 Å². The monoisotopic (exact) mass is 943 g/mol. The molecule has 4 amide bonds. The van der Waals surface area contributed by atoms with Gasteiger partial charge in [0.25, 0.3) is 11.8 Å². The molecule has 2 atom stereocenters. The largest absolute Gasteiger partial charge is 0.508 e. The fourth-order valence-electron chi connectivity index (χ4n) is 7.99. The smallest absolute Gasteiger partial charge is 0.410 e. The highest BCUT2D eigenvalue weighted by molar-refractivity contribution is 5.96. The van der Waals surface area contributed by atoms with E-state index in [1.165, 1.54) is 12.1 Å². The normalized spacial score (nSPS) is 16.6. The number of phenols is 1. The molecule has 2 aromatic rings. The number of likely N-dealkylation sites (tertiary alicyclic amines) is 2. The first-order chi connectivity index (χ1) is 31.4. The number of hydrogen-bond acceptors (Lipinski definition) is 12. The van der Waals surface area contributed by atoms with E-state index in [0.717, 1.165) is 32.1 Å². The van der Waals surface area contributed by atoms with Crippen molar-refractivity contribution in [3.8, 4) is 23.0 Å². The van der Waals surface area contributed by atoms with E-state index in [1.807, 2.05) is 94.1 Å². The summed E-state index contributed by atoms with van der Waals surface area (Å²) in [7, 11) is 3.28. The molecule has 1 N–H and O–H groups in total. The lowest BCUT2D eigenvalue weighted by molar-refractivity contribution is 0.00724. The minimum Gasteiger partial charge on any atom is -0.508 e. The van der Waals surface area contributed by atoms with Crippen LogP contribution in [0.4, 0.5) is 9.59 Å². The molecule has 67 heavy (non-hydrogen) atoms. The van der Waals surface area contributed by atoms with Gasteiger partial charge in [-0.15, -0.1) is 0 Å². The maximum atomic E-state index is 13.8. The summed E-state index contributed by atoms with van der Waals surface area (Å²) in [6.07, 6.45) is 3.93. The first-order valence-corrected chi connectivity index (χ1v) is 23.9. The van der Waals surface area contributed by atoms with E-state index in [9.17, 15) is 24.3 Å². The Labute approximate surface area is 400 Å². The van der Waals surface area contributed by atoms with Crippen LogP contribution in [0, 0.1) is 0 Å². The van der Waals surface area contributed by atoms with Gasteiger partial charge in [-0.3, -0.25) is 9.59 Å². The zero-order chi connectivity index (χ0) is 50.1. The number of aromatic hydroxyl groups is 1. The molecule has 0 radical (unpaired) electrons. The summed E-state index contributed by atoms with van der Waals surface area (Å²) in [5, 5.41) is 10.2. The summed E-state index contributed by atoms with van der Waals surface area (Å²) >= 11 is 0. The van der Waals surface area contributed by atoms with E-state index in [2.05, 4.69) is 0 Å². The van der Waals surface area contributed by atoms with Crippen molar-refractivity contribution >= 4 is 24.0 Å². The average molecular weight is 943 g/mol. The standard InChI is InChI=1S/C27H44N2O6.C24H38N2O6/c1-19(2)29(22-11-9-12-28(18-22)26(31)35-27(5,6)7)25(30)21-15-23(33-14-10-13-32-8)17-24(16-21)34-20(3)4;1-17(2)26(19-9-7-10-25(16-19)23(29)32-24(3,4)5)22(28)18-13-20(27)15-21(14-18)31-12-8-11-30-6/h15-17,19-20,22H,9-14,18H2,1-8H3;13-15,17,19,27H,7-12,16H2,1-6H3/t22-;19-/m11/s1. The molecule has 16 nitrogen and oxygen atoms in total. The molecule has 2 aliphatic heterocycles. The highest BCUT2D eigenvalue weighted by Gasteiger charge is 2.36. The Morgan fingerprint density at radius 2 is 1.01 bits per heavy atom. The Bertz CT molecular complexity index is 1870. The molecule has 0 aliphatic carbocycles. The SMILES string of the molecule is COCCCOc1cc(O)cc(C(=O)N(C(C)C)[C@@H]2CCCN(C(=O)OC(C)(C)C)C2)c1.COCCCOc1cc(OC(C)C)cc(C(=O)N(C(C)C)[C@@H]2CCCN(C(=O)OC(C)(C)C)C2)c1. The van der Waals surface area contributed by atoms with Crippen molar-refractivity contribution in [1.82, 2.24) is 19.6 Å². The van der Waals surface area contributed by atoms with Gasteiger partial charge in [0, 0.05) is 102 Å². The molecule has 0 saturated carbocycles. The van der Waals surface area contributed by atoms with Crippen LogP contribution in [0.2, 0.25) is 0 Å². The van der Waals surface area contributed by atoms with E-state index in [4.69, 9.17) is 33.2 Å². The van der Waals surface area contributed by atoms with Crippen molar-refractivity contribution in [1.29, 1.82) is 0 Å². The van der Waals surface area contributed by atoms with Gasteiger partial charge < -0.3 is 57.9 Å². The number of nitrogens with zero attached hydrogens (tertiary/aromatic N) is 4. The molecule has 2 fully saturated rings. The summed E-state index contributed by atoms with van der Waals surface area (Å²) < 4.78 is 38.7. The third-order valence-corrected chi connectivity index (χ3v) is 10.6. The highest BCUT2D eigenvalue weighted by Crippen LogP contribution is 2.30. The van der Waals surface area contributed by atoms with Crippen LogP contribution >= 0.6 is 0 Å². The topological polar surface area (TPSA) is 166 Å². The van der Waals surface area contributed by atoms with Gasteiger partial charge in [-0.05, 0) is 133 Å². The summed E-state index contributed by atoms with van der Waals surface area (Å²) in [6.45, 7) is 27.1. The van der Waals surface area contributed by atoms with Crippen LogP contribution in [-0.4, -0.2) is 157 Å². The Hall–Kier alpha value is -4.96. The zero-order valence-electron chi connectivity index (χ0n) is 43.0. The number of hydrogen-bond donors (Lipinski definition) is 1. The van der Waals surface area contributed by atoms with Gasteiger partial charge in [-0.1, -0.05) is 0 Å². The number of phenolic OH excluding ortho intramolecular Hbond substituents is 1. The molecular weight excluding hydrogens is 861 g/mol. The van der Waals surface area contributed by atoms with Crippen molar-refractivity contribution in [3.05, 3.63) is 47.5 Å². The molecule has 16 heteroatoms. The number of piperidine rings is 2. The third kappa shape index (κ3) is 19.3. The fourth-order valence-corrected chi connectivity index (χ4v) is 7.99.